The van der Waals surface area contributed by atoms with Crippen LogP contribution in [0.2, 0.25) is 0 Å². The molecule has 0 amide bonds. The van der Waals surface area contributed by atoms with Crippen LogP contribution in [-0.2, 0) is 6.54 Å². The summed E-state index contributed by atoms with van der Waals surface area (Å²) in [7, 11) is 0. The minimum atomic E-state index is 0.253. The molecule has 2 nitrogen and oxygen atoms in total. The molecule has 0 radical (unpaired) electrons. The summed E-state index contributed by atoms with van der Waals surface area (Å²) in [6, 6.07) is 15.4. The van der Waals surface area contributed by atoms with Gasteiger partial charge in [-0.2, -0.15) is 0 Å². The van der Waals surface area contributed by atoms with Crippen LogP contribution in [0.15, 0.2) is 42.5 Å². The van der Waals surface area contributed by atoms with E-state index < -0.39 is 0 Å². The number of aliphatic hydroxyl groups is 1. The summed E-state index contributed by atoms with van der Waals surface area (Å²) in [6.45, 7) is 3.26. The lowest BCUT2D eigenvalue weighted by molar-refractivity contribution is 0.262. The van der Waals surface area contributed by atoms with E-state index in [1.165, 1.54) is 16.3 Å². The van der Waals surface area contributed by atoms with Crippen molar-refractivity contribution in [3.63, 3.8) is 0 Å². The highest BCUT2D eigenvalue weighted by molar-refractivity contribution is 5.82. The highest BCUT2D eigenvalue weighted by atomic mass is 16.3. The SMILES string of the molecule is CCC(CCO)NCc1ccc2ccccc2c1. The molecular formula is C16H21NO. The van der Waals surface area contributed by atoms with E-state index >= 15 is 0 Å². The summed E-state index contributed by atoms with van der Waals surface area (Å²) in [5.41, 5.74) is 1.30. The van der Waals surface area contributed by atoms with Crippen molar-refractivity contribution in [3.8, 4) is 0 Å². The Labute approximate surface area is 109 Å². The van der Waals surface area contributed by atoms with E-state index in [-0.39, 0.29) is 6.61 Å². The Morgan fingerprint density at radius 3 is 2.61 bits per heavy atom. The molecule has 0 fully saturated rings. The van der Waals surface area contributed by atoms with Crippen molar-refractivity contribution in [3.05, 3.63) is 48.0 Å². The zero-order chi connectivity index (χ0) is 12.8. The fourth-order valence-electron chi connectivity index (χ4n) is 2.22. The normalized spacial score (nSPS) is 12.8. The minimum Gasteiger partial charge on any atom is -0.396 e. The third-order valence-electron chi connectivity index (χ3n) is 3.38. The lowest BCUT2D eigenvalue weighted by Gasteiger charge is -2.15. The van der Waals surface area contributed by atoms with Crippen molar-refractivity contribution in [2.24, 2.45) is 0 Å². The summed E-state index contributed by atoms with van der Waals surface area (Å²) in [5, 5.41) is 15.0. The van der Waals surface area contributed by atoms with Crippen molar-refractivity contribution in [2.45, 2.75) is 32.4 Å². The quantitative estimate of drug-likeness (QED) is 0.817. The zero-order valence-electron chi connectivity index (χ0n) is 10.9. The predicted molar refractivity (Wildman–Crippen MR) is 76.6 cm³/mol. The monoisotopic (exact) mass is 243 g/mol. The van der Waals surface area contributed by atoms with Gasteiger partial charge in [-0.15, -0.1) is 0 Å². The second-order valence-electron chi connectivity index (χ2n) is 4.68. The van der Waals surface area contributed by atoms with Crippen LogP contribution in [-0.4, -0.2) is 17.8 Å². The first-order valence-corrected chi connectivity index (χ1v) is 6.65. The van der Waals surface area contributed by atoms with Crippen LogP contribution >= 0.6 is 0 Å². The van der Waals surface area contributed by atoms with Crippen molar-refractivity contribution in [1.82, 2.24) is 5.32 Å². The van der Waals surface area contributed by atoms with Crippen LogP contribution in [0.1, 0.15) is 25.3 Å². The lowest BCUT2D eigenvalue weighted by Crippen LogP contribution is -2.28. The van der Waals surface area contributed by atoms with Crippen LogP contribution in [0.25, 0.3) is 10.8 Å². The molecule has 2 aromatic carbocycles. The molecule has 2 rings (SSSR count). The van der Waals surface area contributed by atoms with Gasteiger partial charge >= 0.3 is 0 Å². The summed E-state index contributed by atoms with van der Waals surface area (Å²) in [4.78, 5) is 0. The molecule has 0 aliphatic rings. The van der Waals surface area contributed by atoms with Crippen LogP contribution in [0, 0.1) is 0 Å². The maximum atomic E-state index is 8.97. The molecule has 18 heavy (non-hydrogen) atoms. The van der Waals surface area contributed by atoms with Crippen LogP contribution in [0.3, 0.4) is 0 Å². The Kier molecular flexibility index (Phi) is 4.73. The molecule has 96 valence electrons. The van der Waals surface area contributed by atoms with Crippen molar-refractivity contribution >= 4 is 10.8 Å². The van der Waals surface area contributed by atoms with Gasteiger partial charge in [0.1, 0.15) is 0 Å². The van der Waals surface area contributed by atoms with Gasteiger partial charge in [0.25, 0.3) is 0 Å². The summed E-state index contributed by atoms with van der Waals surface area (Å²) in [6.07, 6.45) is 1.87. The Morgan fingerprint density at radius 2 is 1.89 bits per heavy atom. The minimum absolute atomic E-state index is 0.253. The number of nitrogens with one attached hydrogen (secondary N) is 1. The van der Waals surface area contributed by atoms with Crippen LogP contribution in [0.4, 0.5) is 0 Å². The summed E-state index contributed by atoms with van der Waals surface area (Å²) < 4.78 is 0. The molecule has 2 heteroatoms. The molecule has 0 spiro atoms. The van der Waals surface area contributed by atoms with Gasteiger partial charge in [-0.1, -0.05) is 43.3 Å². The van der Waals surface area contributed by atoms with Gasteiger partial charge in [-0.3, -0.25) is 0 Å². The number of rotatable bonds is 6. The molecule has 2 aromatic rings. The average Bonchev–Trinajstić information content (AvgIpc) is 2.43. The second-order valence-corrected chi connectivity index (χ2v) is 4.68. The highest BCUT2D eigenvalue weighted by Gasteiger charge is 2.04. The predicted octanol–water partition coefficient (Wildman–Crippen LogP) is 3.09. The van der Waals surface area contributed by atoms with Gasteiger partial charge in [0.05, 0.1) is 0 Å². The third-order valence-corrected chi connectivity index (χ3v) is 3.38. The van der Waals surface area contributed by atoms with Gasteiger partial charge < -0.3 is 10.4 Å². The Bertz CT molecular complexity index is 495. The molecule has 0 aliphatic heterocycles. The van der Waals surface area contributed by atoms with E-state index in [4.69, 9.17) is 5.11 Å². The van der Waals surface area contributed by atoms with Gasteiger partial charge in [0, 0.05) is 19.2 Å². The summed E-state index contributed by atoms with van der Waals surface area (Å²) >= 11 is 0. The number of benzene rings is 2. The summed E-state index contributed by atoms with van der Waals surface area (Å²) in [5.74, 6) is 0. The molecule has 0 aromatic heterocycles. The zero-order valence-corrected chi connectivity index (χ0v) is 10.9. The number of aliphatic hydroxyl groups excluding tert-OH is 1. The number of fused-ring (bicyclic) bond motifs is 1. The van der Waals surface area contributed by atoms with E-state index in [2.05, 4.69) is 54.7 Å². The maximum absolute atomic E-state index is 8.97. The standard InChI is InChI=1S/C16H21NO/c1-2-16(9-10-18)17-12-13-7-8-14-5-3-4-6-15(14)11-13/h3-8,11,16-18H,2,9-10,12H2,1H3. The number of hydrogen-bond donors (Lipinski definition) is 2. The molecule has 0 heterocycles. The van der Waals surface area contributed by atoms with Crippen molar-refractivity contribution < 1.29 is 5.11 Å². The number of hydrogen-bond acceptors (Lipinski definition) is 2. The van der Waals surface area contributed by atoms with Crippen LogP contribution < -0.4 is 5.32 Å². The van der Waals surface area contributed by atoms with Crippen molar-refractivity contribution in [2.75, 3.05) is 6.61 Å². The average molecular weight is 243 g/mol. The fourth-order valence-corrected chi connectivity index (χ4v) is 2.22. The second kappa shape index (κ2) is 6.53. The van der Waals surface area contributed by atoms with Gasteiger partial charge in [-0.05, 0) is 35.2 Å². The van der Waals surface area contributed by atoms with E-state index in [0.29, 0.717) is 6.04 Å². The first kappa shape index (κ1) is 13.1. The smallest absolute Gasteiger partial charge is 0.0445 e. The molecule has 0 saturated carbocycles. The maximum Gasteiger partial charge on any atom is 0.0445 e. The van der Waals surface area contributed by atoms with Gasteiger partial charge in [-0.25, -0.2) is 0 Å². The van der Waals surface area contributed by atoms with E-state index in [1.54, 1.807) is 0 Å². The molecule has 0 bridgehead atoms. The van der Waals surface area contributed by atoms with Crippen LogP contribution in [0.5, 0.6) is 0 Å². The lowest BCUT2D eigenvalue weighted by atomic mass is 10.1. The Balaban J connectivity index is 2.03. The molecule has 0 aliphatic carbocycles. The van der Waals surface area contributed by atoms with Gasteiger partial charge in [0.15, 0.2) is 0 Å². The van der Waals surface area contributed by atoms with E-state index in [0.717, 1.165) is 19.4 Å². The van der Waals surface area contributed by atoms with Gasteiger partial charge in [0.2, 0.25) is 0 Å². The highest BCUT2D eigenvalue weighted by Crippen LogP contribution is 2.15. The molecule has 2 N–H and O–H groups in total. The molecular weight excluding hydrogens is 222 g/mol. The largest absolute Gasteiger partial charge is 0.396 e. The van der Waals surface area contributed by atoms with E-state index in [1.807, 2.05) is 0 Å². The first-order valence-electron chi connectivity index (χ1n) is 6.65. The van der Waals surface area contributed by atoms with Crippen molar-refractivity contribution in [1.29, 1.82) is 0 Å². The fraction of sp³-hybridized carbons (Fsp3) is 0.375. The first-order chi connectivity index (χ1) is 8.83. The Hall–Kier alpha value is -1.38. The molecule has 1 atom stereocenters. The molecule has 1 unspecified atom stereocenters. The van der Waals surface area contributed by atoms with E-state index in [9.17, 15) is 0 Å². The Morgan fingerprint density at radius 1 is 1.11 bits per heavy atom. The topological polar surface area (TPSA) is 32.3 Å². The third kappa shape index (κ3) is 3.31. The molecule has 0 saturated heterocycles.